The zero-order valence-corrected chi connectivity index (χ0v) is 17.3. The number of nitrogens with one attached hydrogen (secondary N) is 1. The molecule has 148 valence electrons. The molecule has 0 bridgehead atoms. The van der Waals surface area contributed by atoms with Crippen LogP contribution in [0.15, 0.2) is 59.7 Å². The van der Waals surface area contributed by atoms with Crippen molar-refractivity contribution in [1.29, 1.82) is 5.41 Å². The fourth-order valence-corrected chi connectivity index (χ4v) is 4.13. The van der Waals surface area contributed by atoms with Crippen LogP contribution >= 0.6 is 11.3 Å². The third-order valence-electron chi connectivity index (χ3n) is 4.88. The maximum absolute atomic E-state index is 10.6. The van der Waals surface area contributed by atoms with Gasteiger partial charge in [0, 0.05) is 36.4 Å². The molecule has 0 saturated carbocycles. The summed E-state index contributed by atoms with van der Waals surface area (Å²) in [4.78, 5) is 8.48. The summed E-state index contributed by atoms with van der Waals surface area (Å²) in [5.74, 6) is 1.22. The van der Waals surface area contributed by atoms with E-state index in [1.165, 1.54) is 11.3 Å². The van der Waals surface area contributed by atoms with Crippen molar-refractivity contribution in [2.45, 2.75) is 0 Å². The molecule has 0 saturated heterocycles. The van der Waals surface area contributed by atoms with Gasteiger partial charge in [0.1, 0.15) is 22.4 Å². The maximum Gasteiger partial charge on any atom is 0.139 e. The third-order valence-corrected chi connectivity index (χ3v) is 5.74. The highest BCUT2D eigenvalue weighted by Crippen LogP contribution is 2.35. The highest BCUT2D eigenvalue weighted by atomic mass is 32.1. The first-order chi connectivity index (χ1) is 14.0. The average Bonchev–Trinajstić information content (AvgIpc) is 3.32. The van der Waals surface area contributed by atoms with Crippen molar-refractivity contribution in [3.8, 4) is 17.0 Å². The van der Waals surface area contributed by atoms with Crippen LogP contribution in [-0.2, 0) is 0 Å². The van der Waals surface area contributed by atoms with E-state index >= 15 is 0 Å². The first-order valence-corrected chi connectivity index (χ1v) is 10.0. The number of benzene rings is 2. The molecule has 29 heavy (non-hydrogen) atoms. The Labute approximate surface area is 173 Å². The summed E-state index contributed by atoms with van der Waals surface area (Å²) in [5, 5.41) is 21.8. The summed E-state index contributed by atoms with van der Waals surface area (Å²) in [6, 6.07) is 15.6. The molecule has 4 rings (SSSR count). The minimum atomic E-state index is 0.169. The number of hydrogen-bond donors (Lipinski definition) is 2. The number of rotatable bonds is 5. The SMILES string of the molecule is COc1ccc(-c2csc(C3=C(O)CN(c4ccc(N(C)C)cc4)C3=N)n2)cc1. The number of anilines is 2. The van der Waals surface area contributed by atoms with Crippen LogP contribution in [0.5, 0.6) is 5.75 Å². The predicted octanol–water partition coefficient (Wildman–Crippen LogP) is 4.65. The van der Waals surface area contributed by atoms with Crippen molar-refractivity contribution in [3.05, 3.63) is 64.7 Å². The van der Waals surface area contributed by atoms with Gasteiger partial charge in [0.15, 0.2) is 0 Å². The van der Waals surface area contributed by atoms with Gasteiger partial charge in [-0.1, -0.05) is 0 Å². The van der Waals surface area contributed by atoms with Crippen molar-refractivity contribution >= 4 is 34.1 Å². The van der Waals surface area contributed by atoms with Gasteiger partial charge >= 0.3 is 0 Å². The van der Waals surface area contributed by atoms with Gasteiger partial charge < -0.3 is 19.6 Å². The second kappa shape index (κ2) is 7.60. The third kappa shape index (κ3) is 3.56. The van der Waals surface area contributed by atoms with Crippen molar-refractivity contribution in [3.63, 3.8) is 0 Å². The van der Waals surface area contributed by atoms with Crippen LogP contribution in [0.25, 0.3) is 16.8 Å². The maximum atomic E-state index is 10.6. The summed E-state index contributed by atoms with van der Waals surface area (Å²) in [5.41, 5.74) is 4.23. The van der Waals surface area contributed by atoms with Crippen molar-refractivity contribution in [2.75, 3.05) is 37.5 Å². The van der Waals surface area contributed by atoms with Crippen molar-refractivity contribution in [2.24, 2.45) is 0 Å². The summed E-state index contributed by atoms with van der Waals surface area (Å²) < 4.78 is 5.20. The number of methoxy groups -OCH3 is 1. The van der Waals surface area contributed by atoms with Gasteiger partial charge in [-0.15, -0.1) is 11.3 Å². The van der Waals surface area contributed by atoms with Gasteiger partial charge in [0.25, 0.3) is 0 Å². The molecular weight excluding hydrogens is 384 g/mol. The molecular formula is C22H22N4O2S. The van der Waals surface area contributed by atoms with Gasteiger partial charge in [-0.2, -0.15) is 0 Å². The Morgan fingerprint density at radius 3 is 2.41 bits per heavy atom. The van der Waals surface area contributed by atoms with Crippen LogP contribution in [0.3, 0.4) is 0 Å². The second-order valence-corrected chi connectivity index (χ2v) is 7.79. The zero-order chi connectivity index (χ0) is 20.5. The normalized spacial score (nSPS) is 13.9. The lowest BCUT2D eigenvalue weighted by molar-refractivity contribution is 0.411. The molecule has 0 atom stereocenters. The lowest BCUT2D eigenvalue weighted by Crippen LogP contribution is -2.26. The largest absolute Gasteiger partial charge is 0.510 e. The molecule has 2 heterocycles. The van der Waals surface area contributed by atoms with Gasteiger partial charge in [0.2, 0.25) is 0 Å². The van der Waals surface area contributed by atoms with Crippen LogP contribution in [0, 0.1) is 5.41 Å². The Morgan fingerprint density at radius 1 is 1.10 bits per heavy atom. The Morgan fingerprint density at radius 2 is 1.79 bits per heavy atom. The van der Waals surface area contributed by atoms with E-state index < -0.39 is 0 Å². The molecule has 7 heteroatoms. The van der Waals surface area contributed by atoms with E-state index in [0.29, 0.717) is 10.6 Å². The Hall–Kier alpha value is -3.32. The van der Waals surface area contributed by atoms with E-state index in [-0.39, 0.29) is 18.1 Å². The highest BCUT2D eigenvalue weighted by Gasteiger charge is 2.31. The number of thiazole rings is 1. The van der Waals surface area contributed by atoms with Gasteiger partial charge in [-0.05, 0) is 48.5 Å². The predicted molar refractivity (Wildman–Crippen MR) is 119 cm³/mol. The summed E-state index contributed by atoms with van der Waals surface area (Å²) in [6.07, 6.45) is 0. The highest BCUT2D eigenvalue weighted by molar-refractivity contribution is 7.11. The summed E-state index contributed by atoms with van der Waals surface area (Å²) >= 11 is 1.43. The molecule has 2 N–H and O–H groups in total. The van der Waals surface area contributed by atoms with E-state index in [0.717, 1.165) is 28.4 Å². The molecule has 2 aromatic carbocycles. The number of amidine groups is 1. The zero-order valence-electron chi connectivity index (χ0n) is 16.5. The van der Waals surface area contributed by atoms with Crippen LogP contribution in [0.1, 0.15) is 5.01 Å². The van der Waals surface area contributed by atoms with Crippen LogP contribution in [0.2, 0.25) is 0 Å². The number of aromatic nitrogens is 1. The molecule has 0 amide bonds. The molecule has 1 aromatic heterocycles. The number of aliphatic hydroxyl groups excluding tert-OH is 1. The lowest BCUT2D eigenvalue weighted by Gasteiger charge is -2.20. The quantitative estimate of drug-likeness (QED) is 0.645. The topological polar surface area (TPSA) is 72.7 Å². The van der Waals surface area contributed by atoms with E-state index in [9.17, 15) is 5.11 Å². The smallest absolute Gasteiger partial charge is 0.139 e. The molecule has 1 aliphatic rings. The standard InChI is InChI=1S/C22H22N4O2S/c1-25(2)15-6-8-16(9-7-15)26-12-19(27)20(21(26)23)22-24-18(13-29-22)14-4-10-17(28-3)11-5-14/h4-11,13,23,27H,12H2,1-3H3. The Balaban J connectivity index is 1.58. The number of ether oxygens (including phenoxy) is 1. The molecule has 1 aliphatic heterocycles. The fourth-order valence-electron chi connectivity index (χ4n) is 3.24. The first-order valence-electron chi connectivity index (χ1n) is 9.14. The van der Waals surface area contributed by atoms with Gasteiger partial charge in [0.05, 0.1) is 24.9 Å². The van der Waals surface area contributed by atoms with Crippen LogP contribution < -0.4 is 14.5 Å². The van der Waals surface area contributed by atoms with E-state index in [4.69, 9.17) is 10.1 Å². The fraction of sp³-hybridized carbons (Fsp3) is 0.182. The summed E-state index contributed by atoms with van der Waals surface area (Å²) in [6.45, 7) is 0.271. The van der Waals surface area contributed by atoms with Crippen molar-refractivity contribution < 1.29 is 9.84 Å². The van der Waals surface area contributed by atoms with E-state index in [1.807, 2.05) is 72.9 Å². The molecule has 0 aliphatic carbocycles. The molecule has 0 unspecified atom stereocenters. The van der Waals surface area contributed by atoms with Gasteiger partial charge in [-0.25, -0.2) is 4.98 Å². The molecule has 6 nitrogen and oxygen atoms in total. The van der Waals surface area contributed by atoms with Gasteiger partial charge in [-0.3, -0.25) is 5.41 Å². The van der Waals surface area contributed by atoms with E-state index in [1.54, 1.807) is 12.0 Å². The Bertz CT molecular complexity index is 1070. The molecule has 0 fully saturated rings. The Kier molecular flexibility index (Phi) is 4.98. The van der Waals surface area contributed by atoms with Crippen molar-refractivity contribution in [1.82, 2.24) is 4.98 Å². The van der Waals surface area contributed by atoms with Crippen LogP contribution in [-0.4, -0.2) is 43.7 Å². The number of nitrogens with zero attached hydrogens (tertiary/aromatic N) is 3. The summed E-state index contributed by atoms with van der Waals surface area (Å²) in [7, 11) is 5.61. The minimum absolute atomic E-state index is 0.169. The first kappa shape index (κ1) is 19.0. The second-order valence-electron chi connectivity index (χ2n) is 6.93. The molecule has 0 spiro atoms. The minimum Gasteiger partial charge on any atom is -0.510 e. The average molecular weight is 407 g/mol. The number of aliphatic hydroxyl groups is 1. The molecule has 3 aromatic rings. The van der Waals surface area contributed by atoms with E-state index in [2.05, 4.69) is 4.98 Å². The monoisotopic (exact) mass is 406 g/mol. The lowest BCUT2D eigenvalue weighted by atomic mass is 10.1. The number of hydrogen-bond acceptors (Lipinski definition) is 6. The van der Waals surface area contributed by atoms with Crippen LogP contribution in [0.4, 0.5) is 11.4 Å². The molecule has 0 radical (unpaired) electrons.